The number of nitrogens with zero attached hydrogens (tertiary/aromatic N) is 1. The molecule has 2 aromatic rings. The summed E-state index contributed by atoms with van der Waals surface area (Å²) in [5.41, 5.74) is 2.09. The minimum absolute atomic E-state index is 0.0216. The van der Waals surface area contributed by atoms with Crippen molar-refractivity contribution < 1.29 is 32.2 Å². The molecule has 32 heavy (non-hydrogen) atoms. The number of ether oxygens (including phenoxy) is 3. The van der Waals surface area contributed by atoms with Gasteiger partial charge in [-0.05, 0) is 58.0 Å². The second-order valence-corrected chi connectivity index (χ2v) is 9.22. The second kappa shape index (κ2) is 10.8. The highest BCUT2D eigenvalue weighted by Gasteiger charge is 2.25. The van der Waals surface area contributed by atoms with Crippen LogP contribution in [0.15, 0.2) is 35.2 Å². The van der Waals surface area contributed by atoms with Crippen LogP contribution < -0.4 is 9.46 Å². The van der Waals surface area contributed by atoms with E-state index in [9.17, 15) is 18.0 Å². The number of sulfonamides is 1. The molecule has 0 bridgehead atoms. The first-order valence-electron chi connectivity index (χ1n) is 10.0. The fraction of sp³-hybridized carbons (Fsp3) is 0.455. The van der Waals surface area contributed by atoms with E-state index in [0.29, 0.717) is 17.9 Å². The lowest BCUT2D eigenvalue weighted by atomic mass is 10.1. The minimum atomic E-state index is -3.95. The summed E-state index contributed by atoms with van der Waals surface area (Å²) in [5.74, 6) is -0.713. The number of ketones is 1. The summed E-state index contributed by atoms with van der Waals surface area (Å²) in [6.45, 7) is 7.04. The van der Waals surface area contributed by atoms with Crippen LogP contribution in [0.25, 0.3) is 0 Å². The minimum Gasteiger partial charge on any atom is -0.497 e. The Kier molecular flexibility index (Phi) is 8.59. The number of benzene rings is 1. The lowest BCUT2D eigenvalue weighted by Crippen LogP contribution is -2.40. The van der Waals surface area contributed by atoms with Crippen LogP contribution in [0.1, 0.15) is 41.6 Å². The molecule has 0 amide bonds. The first-order valence-corrected chi connectivity index (χ1v) is 11.5. The third kappa shape index (κ3) is 5.96. The standard InChI is InChI=1S/C22H30N2O7S/c1-14-11-20(17(4)24(14)15(2)12-29-5)21(25)13-31-22(26)16(3)23-32(27,28)19-9-7-18(30-6)8-10-19/h7-11,15-16,23H,12-13H2,1-6H3/t15?,16-/m0/s1. The highest BCUT2D eigenvalue weighted by Crippen LogP contribution is 2.21. The monoisotopic (exact) mass is 466 g/mol. The Hall–Kier alpha value is -2.69. The average molecular weight is 467 g/mol. The quantitative estimate of drug-likeness (QED) is 0.400. The molecule has 1 aromatic carbocycles. The SMILES string of the molecule is COCC(C)n1c(C)cc(C(=O)COC(=O)[C@H](C)NS(=O)(=O)c2ccc(OC)cc2)c1C. The normalized spacial score (nSPS) is 13.4. The number of aryl methyl sites for hydroxylation is 1. The molecule has 0 saturated heterocycles. The van der Waals surface area contributed by atoms with Gasteiger partial charge in [-0.2, -0.15) is 4.72 Å². The van der Waals surface area contributed by atoms with E-state index < -0.39 is 28.6 Å². The molecule has 1 unspecified atom stereocenters. The van der Waals surface area contributed by atoms with Crippen LogP contribution in [0.4, 0.5) is 0 Å². The van der Waals surface area contributed by atoms with Gasteiger partial charge >= 0.3 is 5.97 Å². The maximum Gasteiger partial charge on any atom is 0.324 e. The van der Waals surface area contributed by atoms with E-state index in [1.165, 1.54) is 38.3 Å². The van der Waals surface area contributed by atoms with E-state index in [0.717, 1.165) is 11.4 Å². The molecule has 176 valence electrons. The molecule has 1 aromatic heterocycles. The number of rotatable bonds is 11. The number of esters is 1. The first kappa shape index (κ1) is 25.6. The molecule has 2 rings (SSSR count). The van der Waals surface area contributed by atoms with Crippen LogP contribution in [-0.2, 0) is 24.3 Å². The van der Waals surface area contributed by atoms with Gasteiger partial charge in [0.1, 0.15) is 11.8 Å². The van der Waals surface area contributed by atoms with Gasteiger partial charge in [-0.15, -0.1) is 0 Å². The van der Waals surface area contributed by atoms with E-state index in [4.69, 9.17) is 14.2 Å². The Morgan fingerprint density at radius 1 is 1.09 bits per heavy atom. The van der Waals surface area contributed by atoms with Crippen LogP contribution >= 0.6 is 0 Å². The number of methoxy groups -OCH3 is 2. The maximum atomic E-state index is 12.6. The summed E-state index contributed by atoms with van der Waals surface area (Å²) in [6.07, 6.45) is 0. The Morgan fingerprint density at radius 2 is 1.72 bits per heavy atom. The number of carbonyl (C=O) groups is 2. The summed E-state index contributed by atoms with van der Waals surface area (Å²) >= 11 is 0. The summed E-state index contributed by atoms with van der Waals surface area (Å²) < 4.78 is 44.5. The lowest BCUT2D eigenvalue weighted by molar-refractivity contribution is -0.144. The van der Waals surface area contributed by atoms with Gasteiger partial charge in [0.05, 0.1) is 24.7 Å². The van der Waals surface area contributed by atoms with Crippen molar-refractivity contribution in [1.29, 1.82) is 0 Å². The molecule has 0 aliphatic carbocycles. The average Bonchev–Trinajstić information content (AvgIpc) is 3.05. The molecular weight excluding hydrogens is 436 g/mol. The lowest BCUT2D eigenvalue weighted by Gasteiger charge is -2.17. The van der Waals surface area contributed by atoms with Crippen molar-refractivity contribution in [2.45, 2.75) is 44.7 Å². The smallest absolute Gasteiger partial charge is 0.324 e. The summed E-state index contributed by atoms with van der Waals surface area (Å²) in [6, 6.07) is 6.33. The van der Waals surface area contributed by atoms with E-state index in [1.54, 1.807) is 13.2 Å². The van der Waals surface area contributed by atoms with Gasteiger partial charge in [-0.3, -0.25) is 9.59 Å². The van der Waals surface area contributed by atoms with E-state index in [-0.39, 0.29) is 16.7 Å². The molecule has 1 heterocycles. The predicted molar refractivity (Wildman–Crippen MR) is 119 cm³/mol. The third-order valence-electron chi connectivity index (χ3n) is 5.03. The molecule has 1 N–H and O–H groups in total. The predicted octanol–water partition coefficient (Wildman–Crippen LogP) is 2.41. The topological polar surface area (TPSA) is 113 Å². The van der Waals surface area contributed by atoms with Crippen LogP contribution in [0.5, 0.6) is 5.75 Å². The maximum absolute atomic E-state index is 12.6. The van der Waals surface area contributed by atoms with Crippen LogP contribution in [0.2, 0.25) is 0 Å². The van der Waals surface area contributed by atoms with Crippen LogP contribution in [0, 0.1) is 13.8 Å². The number of nitrogens with one attached hydrogen (secondary N) is 1. The van der Waals surface area contributed by atoms with E-state index in [1.807, 2.05) is 25.3 Å². The van der Waals surface area contributed by atoms with Gasteiger partial charge in [0.25, 0.3) is 0 Å². The molecule has 0 saturated carbocycles. The zero-order chi connectivity index (χ0) is 24.1. The molecule has 0 spiro atoms. The molecule has 0 fully saturated rings. The highest BCUT2D eigenvalue weighted by molar-refractivity contribution is 7.89. The summed E-state index contributed by atoms with van der Waals surface area (Å²) in [7, 11) is -0.868. The largest absolute Gasteiger partial charge is 0.497 e. The fourth-order valence-electron chi connectivity index (χ4n) is 3.50. The third-order valence-corrected chi connectivity index (χ3v) is 6.59. The van der Waals surface area contributed by atoms with Crippen molar-refractivity contribution in [2.24, 2.45) is 0 Å². The summed E-state index contributed by atoms with van der Waals surface area (Å²) in [4.78, 5) is 24.9. The molecular formula is C22H30N2O7S. The number of Topliss-reactive ketones (excluding diaryl/α,β-unsaturated/α-hetero) is 1. The summed E-state index contributed by atoms with van der Waals surface area (Å²) in [5, 5.41) is 0. The van der Waals surface area contributed by atoms with Crippen LogP contribution in [0.3, 0.4) is 0 Å². The van der Waals surface area contributed by atoms with Crippen molar-refractivity contribution in [2.75, 3.05) is 27.4 Å². The molecule has 0 radical (unpaired) electrons. The van der Waals surface area contributed by atoms with Crippen molar-refractivity contribution >= 4 is 21.8 Å². The Labute approximate surface area is 188 Å². The van der Waals surface area contributed by atoms with Gasteiger partial charge in [-0.25, -0.2) is 8.42 Å². The molecule has 0 aliphatic heterocycles. The fourth-order valence-corrected chi connectivity index (χ4v) is 4.69. The number of hydrogen-bond donors (Lipinski definition) is 1. The molecule has 9 nitrogen and oxygen atoms in total. The second-order valence-electron chi connectivity index (χ2n) is 7.51. The number of carbonyl (C=O) groups excluding carboxylic acids is 2. The highest BCUT2D eigenvalue weighted by atomic mass is 32.2. The van der Waals surface area contributed by atoms with Crippen molar-refractivity contribution in [3.63, 3.8) is 0 Å². The molecule has 10 heteroatoms. The molecule has 0 aliphatic rings. The van der Waals surface area contributed by atoms with Crippen molar-refractivity contribution in [1.82, 2.24) is 9.29 Å². The van der Waals surface area contributed by atoms with Crippen LogP contribution in [-0.4, -0.2) is 58.2 Å². The first-order chi connectivity index (χ1) is 15.0. The van der Waals surface area contributed by atoms with Gasteiger partial charge in [0.2, 0.25) is 15.8 Å². The van der Waals surface area contributed by atoms with Gasteiger partial charge in [0, 0.05) is 24.1 Å². The zero-order valence-corrected chi connectivity index (χ0v) is 20.0. The van der Waals surface area contributed by atoms with Gasteiger partial charge in [-0.1, -0.05) is 0 Å². The van der Waals surface area contributed by atoms with Crippen molar-refractivity contribution in [3.05, 3.63) is 47.3 Å². The number of hydrogen-bond acceptors (Lipinski definition) is 7. The van der Waals surface area contributed by atoms with Gasteiger partial charge < -0.3 is 18.8 Å². The Bertz CT molecular complexity index is 1060. The van der Waals surface area contributed by atoms with E-state index >= 15 is 0 Å². The Morgan fingerprint density at radius 3 is 2.28 bits per heavy atom. The van der Waals surface area contributed by atoms with Gasteiger partial charge in [0.15, 0.2) is 6.61 Å². The molecule has 2 atom stereocenters. The zero-order valence-electron chi connectivity index (χ0n) is 19.2. The Balaban J connectivity index is 2.01. The number of aromatic nitrogens is 1. The van der Waals surface area contributed by atoms with E-state index in [2.05, 4.69) is 4.72 Å². The van der Waals surface area contributed by atoms with Crippen molar-refractivity contribution in [3.8, 4) is 5.75 Å².